The minimum Gasteiger partial charge on any atom is -0.497 e. The van der Waals surface area contributed by atoms with E-state index in [2.05, 4.69) is 16.3 Å². The lowest BCUT2D eigenvalue weighted by molar-refractivity contribution is 0.261. The van der Waals surface area contributed by atoms with Gasteiger partial charge in [-0.15, -0.1) is 0 Å². The Hall–Kier alpha value is -1.10. The Labute approximate surface area is 103 Å². The fourth-order valence-electron chi connectivity index (χ4n) is 1.77. The Kier molecular flexibility index (Phi) is 5.97. The molecule has 0 aliphatic rings. The molecular formula is C13H22N2O2. The molecule has 1 unspecified atom stereocenters. The molecule has 0 aromatic heterocycles. The van der Waals surface area contributed by atoms with E-state index < -0.39 is 0 Å². The number of aliphatic hydroxyl groups excluding tert-OH is 1. The third-order valence-electron chi connectivity index (χ3n) is 2.73. The van der Waals surface area contributed by atoms with Crippen molar-refractivity contribution in [2.45, 2.75) is 6.04 Å². The van der Waals surface area contributed by atoms with Gasteiger partial charge >= 0.3 is 0 Å². The molecule has 4 nitrogen and oxygen atoms in total. The summed E-state index contributed by atoms with van der Waals surface area (Å²) in [6.07, 6.45) is 0. The molecule has 0 spiro atoms. The molecule has 0 saturated carbocycles. The molecule has 0 radical (unpaired) electrons. The van der Waals surface area contributed by atoms with Gasteiger partial charge in [-0.05, 0) is 31.8 Å². The monoisotopic (exact) mass is 238 g/mol. The van der Waals surface area contributed by atoms with Crippen LogP contribution >= 0.6 is 0 Å². The first-order valence-corrected chi connectivity index (χ1v) is 5.81. The Bertz CT molecular complexity index is 329. The molecule has 1 aromatic carbocycles. The highest BCUT2D eigenvalue weighted by Crippen LogP contribution is 2.21. The number of rotatable bonds is 7. The van der Waals surface area contributed by atoms with Crippen molar-refractivity contribution in [3.8, 4) is 5.75 Å². The van der Waals surface area contributed by atoms with Crippen LogP contribution in [0.3, 0.4) is 0 Å². The van der Waals surface area contributed by atoms with Crippen molar-refractivity contribution >= 4 is 0 Å². The summed E-state index contributed by atoms with van der Waals surface area (Å²) in [6.45, 7) is 1.59. The molecule has 17 heavy (non-hydrogen) atoms. The van der Waals surface area contributed by atoms with Crippen LogP contribution in [0.1, 0.15) is 11.6 Å². The van der Waals surface area contributed by atoms with Crippen molar-refractivity contribution in [2.24, 2.45) is 0 Å². The number of benzene rings is 1. The molecule has 1 atom stereocenters. The number of hydrogen-bond acceptors (Lipinski definition) is 4. The van der Waals surface area contributed by atoms with Crippen molar-refractivity contribution in [3.05, 3.63) is 29.8 Å². The van der Waals surface area contributed by atoms with Gasteiger partial charge in [0.25, 0.3) is 0 Å². The molecule has 0 bridgehead atoms. The maximum atomic E-state index is 8.77. The van der Waals surface area contributed by atoms with Crippen LogP contribution in [0, 0.1) is 0 Å². The molecule has 0 saturated heterocycles. The molecule has 0 heterocycles. The van der Waals surface area contributed by atoms with Gasteiger partial charge in [0.1, 0.15) is 5.75 Å². The maximum absolute atomic E-state index is 8.77. The van der Waals surface area contributed by atoms with Crippen LogP contribution in [0.2, 0.25) is 0 Å². The van der Waals surface area contributed by atoms with E-state index in [0.717, 1.165) is 12.3 Å². The summed E-state index contributed by atoms with van der Waals surface area (Å²) in [4.78, 5) is 2.15. The van der Waals surface area contributed by atoms with Gasteiger partial charge in [-0.3, -0.25) is 0 Å². The zero-order valence-corrected chi connectivity index (χ0v) is 10.8. The number of nitrogens with zero attached hydrogens (tertiary/aromatic N) is 1. The summed E-state index contributed by atoms with van der Waals surface area (Å²) in [7, 11) is 5.77. The molecule has 2 N–H and O–H groups in total. The number of likely N-dealkylation sites (N-methyl/N-ethyl adjacent to an activating group) is 1. The van der Waals surface area contributed by atoms with Crippen molar-refractivity contribution < 1.29 is 9.84 Å². The third-order valence-corrected chi connectivity index (χ3v) is 2.73. The molecular weight excluding hydrogens is 216 g/mol. The highest BCUT2D eigenvalue weighted by atomic mass is 16.5. The average molecular weight is 238 g/mol. The Balaban J connectivity index is 2.74. The van der Waals surface area contributed by atoms with Gasteiger partial charge < -0.3 is 20.1 Å². The zero-order valence-electron chi connectivity index (χ0n) is 10.8. The molecule has 96 valence electrons. The summed E-state index contributed by atoms with van der Waals surface area (Å²) in [6, 6.07) is 8.35. The predicted molar refractivity (Wildman–Crippen MR) is 69.4 cm³/mol. The van der Waals surface area contributed by atoms with E-state index >= 15 is 0 Å². The van der Waals surface area contributed by atoms with Crippen molar-refractivity contribution in [3.63, 3.8) is 0 Å². The smallest absolute Gasteiger partial charge is 0.119 e. The lowest BCUT2D eigenvalue weighted by Crippen LogP contribution is -2.32. The van der Waals surface area contributed by atoms with Crippen molar-refractivity contribution in [1.82, 2.24) is 10.2 Å². The predicted octanol–water partition coefficient (Wildman–Crippen LogP) is 0.880. The second-order valence-electron chi connectivity index (χ2n) is 4.18. The minimum absolute atomic E-state index is 0.165. The van der Waals surface area contributed by atoms with E-state index in [1.54, 1.807) is 7.11 Å². The summed E-state index contributed by atoms with van der Waals surface area (Å²) < 4.78 is 5.23. The number of aliphatic hydroxyl groups is 1. The van der Waals surface area contributed by atoms with E-state index in [9.17, 15) is 0 Å². The molecule has 4 heteroatoms. The van der Waals surface area contributed by atoms with E-state index in [0.29, 0.717) is 6.54 Å². The number of hydrogen-bond donors (Lipinski definition) is 2. The van der Waals surface area contributed by atoms with Crippen LogP contribution in [0.15, 0.2) is 24.3 Å². The zero-order chi connectivity index (χ0) is 12.7. The van der Waals surface area contributed by atoms with E-state index in [1.165, 1.54) is 5.56 Å². The van der Waals surface area contributed by atoms with Crippen molar-refractivity contribution in [2.75, 3.05) is 40.9 Å². The Morgan fingerprint density at radius 3 is 2.76 bits per heavy atom. The highest BCUT2D eigenvalue weighted by molar-refractivity contribution is 5.30. The standard InChI is InChI=1S/C13H22N2O2/c1-15(2)13(10-14-7-8-16)11-5-4-6-12(9-11)17-3/h4-6,9,13-14,16H,7-8,10H2,1-3H3. The van der Waals surface area contributed by atoms with E-state index in [4.69, 9.17) is 9.84 Å². The van der Waals surface area contributed by atoms with Gasteiger partial charge in [-0.25, -0.2) is 0 Å². The van der Waals surface area contributed by atoms with E-state index in [1.807, 2.05) is 32.3 Å². The lowest BCUT2D eigenvalue weighted by atomic mass is 10.1. The number of methoxy groups -OCH3 is 1. The first-order valence-electron chi connectivity index (χ1n) is 5.81. The molecule has 0 aliphatic heterocycles. The second-order valence-corrected chi connectivity index (χ2v) is 4.18. The van der Waals surface area contributed by atoms with Gasteiger partial charge in [-0.1, -0.05) is 12.1 Å². The van der Waals surface area contributed by atoms with Crippen LogP contribution in [0.4, 0.5) is 0 Å². The van der Waals surface area contributed by atoms with Gasteiger partial charge in [0.2, 0.25) is 0 Å². The fraction of sp³-hybridized carbons (Fsp3) is 0.538. The quantitative estimate of drug-likeness (QED) is 0.692. The number of nitrogens with one attached hydrogen (secondary N) is 1. The Morgan fingerprint density at radius 1 is 1.41 bits per heavy atom. The summed E-state index contributed by atoms with van der Waals surface area (Å²) in [5.74, 6) is 0.872. The second kappa shape index (κ2) is 7.27. The van der Waals surface area contributed by atoms with Crippen molar-refractivity contribution in [1.29, 1.82) is 0 Å². The molecule has 1 aromatic rings. The topological polar surface area (TPSA) is 44.7 Å². The maximum Gasteiger partial charge on any atom is 0.119 e. The van der Waals surface area contributed by atoms with Crippen LogP contribution in [-0.2, 0) is 0 Å². The average Bonchev–Trinajstić information content (AvgIpc) is 2.34. The minimum atomic E-state index is 0.165. The Morgan fingerprint density at radius 2 is 2.18 bits per heavy atom. The summed E-state index contributed by atoms with van der Waals surface area (Å²) in [5.41, 5.74) is 1.21. The first-order chi connectivity index (χ1) is 8.19. The normalized spacial score (nSPS) is 12.8. The van der Waals surface area contributed by atoms with Crippen LogP contribution in [-0.4, -0.2) is 50.9 Å². The van der Waals surface area contributed by atoms with Gasteiger partial charge in [-0.2, -0.15) is 0 Å². The molecule has 0 aliphatic carbocycles. The molecule has 1 rings (SSSR count). The SMILES string of the molecule is COc1cccc(C(CNCCO)N(C)C)c1. The lowest BCUT2D eigenvalue weighted by Gasteiger charge is -2.25. The first kappa shape index (κ1) is 14.0. The molecule has 0 amide bonds. The highest BCUT2D eigenvalue weighted by Gasteiger charge is 2.13. The summed E-state index contributed by atoms with van der Waals surface area (Å²) in [5, 5.41) is 12.0. The number of ether oxygens (including phenoxy) is 1. The largest absolute Gasteiger partial charge is 0.497 e. The van der Waals surface area contributed by atoms with Gasteiger partial charge in [0.15, 0.2) is 0 Å². The van der Waals surface area contributed by atoms with Gasteiger partial charge in [0.05, 0.1) is 13.7 Å². The van der Waals surface area contributed by atoms with Crippen LogP contribution < -0.4 is 10.1 Å². The summed E-state index contributed by atoms with van der Waals surface area (Å²) >= 11 is 0. The van der Waals surface area contributed by atoms with Crippen LogP contribution in [0.25, 0.3) is 0 Å². The van der Waals surface area contributed by atoms with Crippen LogP contribution in [0.5, 0.6) is 5.75 Å². The molecule has 0 fully saturated rings. The fourth-order valence-corrected chi connectivity index (χ4v) is 1.77. The van der Waals surface area contributed by atoms with Gasteiger partial charge in [0, 0.05) is 19.1 Å². The third kappa shape index (κ3) is 4.34. The van der Waals surface area contributed by atoms with E-state index in [-0.39, 0.29) is 12.6 Å².